The molecule has 2 aliphatic carbocycles. The van der Waals surface area contributed by atoms with Gasteiger partial charge < -0.3 is 5.11 Å². The molecule has 1 N–H and O–H groups in total. The molecule has 0 saturated heterocycles. The van der Waals surface area contributed by atoms with Crippen LogP contribution in [-0.4, -0.2) is 5.11 Å². The summed E-state index contributed by atoms with van der Waals surface area (Å²) < 4.78 is 1.97. The molecule has 2 aliphatic rings. The number of rotatable bonds is 2. The molecule has 5 aromatic carbocycles. The van der Waals surface area contributed by atoms with Gasteiger partial charge in [0.15, 0.2) is 0 Å². The zero-order valence-corrected chi connectivity index (χ0v) is 23.7. The summed E-state index contributed by atoms with van der Waals surface area (Å²) in [5.74, 6) is 0. The third-order valence-electron chi connectivity index (χ3n) is 8.21. The van der Waals surface area contributed by atoms with Gasteiger partial charge in [0.25, 0.3) is 0 Å². The normalized spacial score (nSPS) is 18.2. The first kappa shape index (κ1) is 23.2. The Balaban J connectivity index is 1.62. The highest BCUT2D eigenvalue weighted by Gasteiger charge is 2.50. The maximum atomic E-state index is 13.0. The molecule has 1 nitrogen and oxygen atoms in total. The first-order chi connectivity index (χ1) is 17.8. The van der Waals surface area contributed by atoms with Gasteiger partial charge in [-0.2, -0.15) is 0 Å². The summed E-state index contributed by atoms with van der Waals surface area (Å²) in [5, 5.41) is 13.0. The average Bonchev–Trinajstić information content (AvgIpc) is 3.30. The predicted octanol–water partition coefficient (Wildman–Crippen LogP) is 9.45. The molecular weight excluding hydrogens is 584 g/mol. The topological polar surface area (TPSA) is 20.2 Å². The van der Waals surface area contributed by atoms with Crippen LogP contribution >= 0.6 is 31.9 Å². The number of benzene rings is 5. The van der Waals surface area contributed by atoms with E-state index in [4.69, 9.17) is 0 Å². The van der Waals surface area contributed by atoms with Crippen molar-refractivity contribution in [2.75, 3.05) is 0 Å². The lowest BCUT2D eigenvalue weighted by atomic mass is 9.77. The van der Waals surface area contributed by atoms with Crippen LogP contribution in [0.3, 0.4) is 0 Å². The number of halogens is 2. The van der Waals surface area contributed by atoms with Gasteiger partial charge in [0, 0.05) is 36.6 Å². The molecule has 37 heavy (non-hydrogen) atoms. The molecule has 180 valence electrons. The molecule has 3 heteroatoms. The van der Waals surface area contributed by atoms with Crippen LogP contribution < -0.4 is 0 Å². The van der Waals surface area contributed by atoms with E-state index in [1.807, 2.05) is 30.3 Å². The fourth-order valence-electron chi connectivity index (χ4n) is 6.62. The maximum Gasteiger partial charge on any atom is 0.142 e. The van der Waals surface area contributed by atoms with Crippen molar-refractivity contribution in [3.63, 3.8) is 0 Å². The molecule has 7 rings (SSSR count). The van der Waals surface area contributed by atoms with Gasteiger partial charge in [0.1, 0.15) is 5.60 Å². The average molecular weight is 608 g/mol. The molecule has 0 aromatic heterocycles. The first-order valence-corrected chi connectivity index (χ1v) is 14.1. The van der Waals surface area contributed by atoms with E-state index in [2.05, 4.69) is 119 Å². The van der Waals surface area contributed by atoms with Crippen LogP contribution in [0.25, 0.3) is 33.4 Å². The van der Waals surface area contributed by atoms with E-state index < -0.39 is 5.60 Å². The molecule has 0 bridgehead atoms. The van der Waals surface area contributed by atoms with E-state index >= 15 is 0 Å². The minimum atomic E-state index is -1.32. The monoisotopic (exact) mass is 606 g/mol. The molecule has 1 unspecified atom stereocenters. The second kappa shape index (κ2) is 8.01. The standard InChI is InChI=1S/C34H24Br2O/c1-33(2)25-14-8-7-13-23(25)31-29(36)19-28-30(32(31)33)24-17-16-21(35)18-27(24)34(28,37)26-15-9-6-12-22(26)20-10-4-3-5-11-20/h3-19,37H,1-2H3. The van der Waals surface area contributed by atoms with E-state index in [1.165, 1.54) is 22.3 Å². The largest absolute Gasteiger partial charge is 0.376 e. The molecule has 0 heterocycles. The summed E-state index contributed by atoms with van der Waals surface area (Å²) in [5.41, 5.74) is 10.6. The van der Waals surface area contributed by atoms with Gasteiger partial charge in [-0.1, -0.05) is 131 Å². The van der Waals surface area contributed by atoms with Crippen LogP contribution in [0.4, 0.5) is 0 Å². The quantitative estimate of drug-likeness (QED) is 0.212. The van der Waals surface area contributed by atoms with Gasteiger partial charge in [0.2, 0.25) is 0 Å². The molecule has 1 atom stereocenters. The molecule has 0 saturated carbocycles. The van der Waals surface area contributed by atoms with Crippen molar-refractivity contribution < 1.29 is 5.11 Å². The van der Waals surface area contributed by atoms with Gasteiger partial charge >= 0.3 is 0 Å². The number of fused-ring (bicyclic) bond motifs is 7. The molecule has 0 spiro atoms. The van der Waals surface area contributed by atoms with E-state index in [9.17, 15) is 5.11 Å². The zero-order valence-electron chi connectivity index (χ0n) is 20.5. The van der Waals surface area contributed by atoms with Crippen LogP contribution in [0.2, 0.25) is 0 Å². The molecule has 0 amide bonds. The second-order valence-corrected chi connectivity index (χ2v) is 12.3. The van der Waals surface area contributed by atoms with Crippen LogP contribution in [-0.2, 0) is 11.0 Å². The molecular formula is C34H24Br2O. The lowest BCUT2D eigenvalue weighted by Crippen LogP contribution is -2.27. The Hall–Kier alpha value is -2.98. The van der Waals surface area contributed by atoms with Crippen LogP contribution in [0.15, 0.2) is 112 Å². The van der Waals surface area contributed by atoms with Crippen molar-refractivity contribution in [3.8, 4) is 33.4 Å². The van der Waals surface area contributed by atoms with Crippen LogP contribution in [0, 0.1) is 0 Å². The Labute approximate surface area is 234 Å². The summed E-state index contributed by atoms with van der Waals surface area (Å²) in [6.45, 7) is 4.61. The highest BCUT2D eigenvalue weighted by atomic mass is 79.9. The minimum absolute atomic E-state index is 0.214. The van der Waals surface area contributed by atoms with Crippen molar-refractivity contribution in [3.05, 3.63) is 140 Å². The summed E-state index contributed by atoms with van der Waals surface area (Å²) in [6.07, 6.45) is 0. The van der Waals surface area contributed by atoms with E-state index in [-0.39, 0.29) is 5.41 Å². The summed E-state index contributed by atoms with van der Waals surface area (Å²) in [4.78, 5) is 0. The van der Waals surface area contributed by atoms with Gasteiger partial charge in [0.05, 0.1) is 0 Å². The van der Waals surface area contributed by atoms with Crippen molar-refractivity contribution in [2.45, 2.75) is 24.9 Å². The number of hydrogen-bond donors (Lipinski definition) is 1. The fourth-order valence-corrected chi connectivity index (χ4v) is 7.62. The summed E-state index contributed by atoms with van der Waals surface area (Å²) >= 11 is 7.65. The lowest BCUT2D eigenvalue weighted by Gasteiger charge is -2.30. The van der Waals surface area contributed by atoms with Crippen molar-refractivity contribution >= 4 is 31.9 Å². The third kappa shape index (κ3) is 3.05. The Bertz CT molecular complexity index is 1740. The van der Waals surface area contributed by atoms with E-state index in [0.29, 0.717) is 0 Å². The Morgan fingerprint density at radius 3 is 1.95 bits per heavy atom. The Kier molecular flexibility index (Phi) is 5.01. The summed E-state index contributed by atoms with van der Waals surface area (Å²) in [6, 6.07) is 35.8. The number of hydrogen-bond acceptors (Lipinski definition) is 1. The zero-order chi connectivity index (χ0) is 25.5. The predicted molar refractivity (Wildman–Crippen MR) is 159 cm³/mol. The van der Waals surface area contributed by atoms with Crippen LogP contribution in [0.5, 0.6) is 0 Å². The molecule has 0 radical (unpaired) electrons. The third-order valence-corrected chi connectivity index (χ3v) is 9.32. The van der Waals surface area contributed by atoms with Crippen molar-refractivity contribution in [2.24, 2.45) is 0 Å². The van der Waals surface area contributed by atoms with E-state index in [0.717, 1.165) is 47.9 Å². The van der Waals surface area contributed by atoms with Gasteiger partial charge in [-0.25, -0.2) is 0 Å². The first-order valence-electron chi connectivity index (χ1n) is 12.5. The van der Waals surface area contributed by atoms with Gasteiger partial charge in [-0.15, -0.1) is 0 Å². The van der Waals surface area contributed by atoms with Crippen molar-refractivity contribution in [1.29, 1.82) is 0 Å². The summed E-state index contributed by atoms with van der Waals surface area (Å²) in [7, 11) is 0. The highest BCUT2D eigenvalue weighted by Crippen LogP contribution is 2.62. The maximum absolute atomic E-state index is 13.0. The van der Waals surface area contributed by atoms with Crippen LogP contribution in [0.1, 0.15) is 41.7 Å². The molecule has 0 aliphatic heterocycles. The minimum Gasteiger partial charge on any atom is -0.376 e. The van der Waals surface area contributed by atoms with E-state index in [1.54, 1.807) is 0 Å². The van der Waals surface area contributed by atoms with Gasteiger partial charge in [-0.3, -0.25) is 0 Å². The highest BCUT2D eigenvalue weighted by molar-refractivity contribution is 9.10. The molecule has 0 fully saturated rings. The smallest absolute Gasteiger partial charge is 0.142 e. The second-order valence-electron chi connectivity index (χ2n) is 10.5. The Morgan fingerprint density at radius 2 is 1.19 bits per heavy atom. The Morgan fingerprint density at radius 1 is 0.568 bits per heavy atom. The lowest BCUT2D eigenvalue weighted by molar-refractivity contribution is 0.131. The van der Waals surface area contributed by atoms with Crippen molar-refractivity contribution in [1.82, 2.24) is 0 Å². The molecule has 5 aromatic rings. The van der Waals surface area contributed by atoms with Gasteiger partial charge in [-0.05, 0) is 57.1 Å². The fraction of sp³-hybridized carbons (Fsp3) is 0.118. The SMILES string of the molecule is CC1(C)c2ccccc2-c2c(Br)cc3c(c21)-c1ccc(Br)cc1C3(O)c1ccccc1-c1ccccc1. The number of aliphatic hydroxyl groups is 1.